The zero-order chi connectivity index (χ0) is 10.8. The molecule has 0 saturated carbocycles. The van der Waals surface area contributed by atoms with E-state index in [0.717, 1.165) is 19.5 Å². The van der Waals surface area contributed by atoms with Crippen molar-refractivity contribution in [2.45, 2.75) is 25.9 Å². The molecule has 1 aliphatic heterocycles. The van der Waals surface area contributed by atoms with Crippen LogP contribution in [0.25, 0.3) is 0 Å². The van der Waals surface area contributed by atoms with Gasteiger partial charge >= 0.3 is 0 Å². The third kappa shape index (κ3) is 2.58. The molecule has 0 aliphatic carbocycles. The fourth-order valence-electron chi connectivity index (χ4n) is 2.28. The molecular formula is C13H20N2. The highest BCUT2D eigenvalue weighted by molar-refractivity contribution is 5.33. The predicted molar refractivity (Wildman–Crippen MR) is 64.1 cm³/mol. The zero-order valence-electron chi connectivity index (χ0n) is 9.88. The molecule has 1 N–H and O–H groups in total. The largest absolute Gasteiger partial charge is 0.308 e. The van der Waals surface area contributed by atoms with E-state index in [0.29, 0.717) is 6.04 Å². The van der Waals surface area contributed by atoms with Crippen LogP contribution in [0.4, 0.5) is 0 Å². The van der Waals surface area contributed by atoms with E-state index < -0.39 is 0 Å². The van der Waals surface area contributed by atoms with E-state index in [1.165, 1.54) is 16.7 Å². The molecule has 0 aromatic heterocycles. The minimum Gasteiger partial charge on any atom is -0.308 e. The van der Waals surface area contributed by atoms with E-state index in [4.69, 9.17) is 0 Å². The first-order valence-corrected chi connectivity index (χ1v) is 5.61. The molecule has 0 bridgehead atoms. The Balaban J connectivity index is 2.10. The molecule has 1 unspecified atom stereocenters. The molecule has 2 rings (SSSR count). The van der Waals surface area contributed by atoms with Gasteiger partial charge in [0.25, 0.3) is 0 Å². The highest BCUT2D eigenvalue weighted by Gasteiger charge is 2.17. The maximum Gasteiger partial charge on any atom is 0.0238 e. The Morgan fingerprint density at radius 2 is 2.13 bits per heavy atom. The number of aryl methyl sites for hydroxylation is 1. The molecule has 15 heavy (non-hydrogen) atoms. The first-order valence-electron chi connectivity index (χ1n) is 5.61. The maximum atomic E-state index is 3.59. The van der Waals surface area contributed by atoms with Crippen molar-refractivity contribution in [2.75, 3.05) is 20.6 Å². The van der Waals surface area contributed by atoms with Gasteiger partial charge in [-0.05, 0) is 38.6 Å². The molecule has 0 spiro atoms. The van der Waals surface area contributed by atoms with Gasteiger partial charge in [0.1, 0.15) is 0 Å². The van der Waals surface area contributed by atoms with Crippen LogP contribution in [0.3, 0.4) is 0 Å². The summed E-state index contributed by atoms with van der Waals surface area (Å²) in [6, 6.07) is 7.41. The topological polar surface area (TPSA) is 15.3 Å². The van der Waals surface area contributed by atoms with E-state index >= 15 is 0 Å². The van der Waals surface area contributed by atoms with Crippen molar-refractivity contribution in [2.24, 2.45) is 0 Å². The van der Waals surface area contributed by atoms with Crippen LogP contribution >= 0.6 is 0 Å². The van der Waals surface area contributed by atoms with Gasteiger partial charge in [0, 0.05) is 19.1 Å². The van der Waals surface area contributed by atoms with E-state index in [2.05, 4.69) is 49.4 Å². The van der Waals surface area contributed by atoms with Gasteiger partial charge in [0.2, 0.25) is 0 Å². The van der Waals surface area contributed by atoms with Crippen molar-refractivity contribution < 1.29 is 0 Å². The Bertz CT molecular complexity index is 344. The van der Waals surface area contributed by atoms with Crippen molar-refractivity contribution in [3.05, 3.63) is 34.9 Å². The first-order chi connectivity index (χ1) is 7.15. The summed E-state index contributed by atoms with van der Waals surface area (Å²) in [6.07, 6.45) is 1.16. The normalized spacial score (nSPS) is 20.4. The third-order valence-electron chi connectivity index (χ3n) is 2.99. The average molecular weight is 204 g/mol. The Hall–Kier alpha value is -0.860. The Kier molecular flexibility index (Phi) is 3.08. The third-order valence-corrected chi connectivity index (χ3v) is 2.99. The number of fused-ring (bicyclic) bond motifs is 1. The molecule has 1 heterocycles. The van der Waals surface area contributed by atoms with E-state index in [1.807, 2.05) is 0 Å². The molecule has 0 amide bonds. The number of benzene rings is 1. The molecule has 1 aliphatic rings. The highest BCUT2D eigenvalue weighted by atomic mass is 15.1. The van der Waals surface area contributed by atoms with Gasteiger partial charge < -0.3 is 10.2 Å². The molecule has 0 saturated heterocycles. The number of nitrogens with one attached hydrogen (secondary N) is 1. The van der Waals surface area contributed by atoms with Crippen LogP contribution in [0.2, 0.25) is 0 Å². The van der Waals surface area contributed by atoms with Crippen LogP contribution in [0.1, 0.15) is 16.7 Å². The van der Waals surface area contributed by atoms with Crippen LogP contribution in [0.15, 0.2) is 18.2 Å². The standard InChI is InChI=1S/C13H20N2/c1-10-4-5-11-7-13(9-15(2)3)14-8-12(11)6-10/h4-6,13-14H,7-9H2,1-3H3. The molecule has 2 nitrogen and oxygen atoms in total. The van der Waals surface area contributed by atoms with Gasteiger partial charge in [-0.25, -0.2) is 0 Å². The lowest BCUT2D eigenvalue weighted by molar-refractivity contribution is 0.326. The number of hydrogen-bond acceptors (Lipinski definition) is 2. The van der Waals surface area contributed by atoms with Gasteiger partial charge in [0.05, 0.1) is 0 Å². The van der Waals surface area contributed by atoms with Gasteiger partial charge in [0.15, 0.2) is 0 Å². The van der Waals surface area contributed by atoms with Crippen molar-refractivity contribution >= 4 is 0 Å². The zero-order valence-corrected chi connectivity index (χ0v) is 9.88. The molecule has 0 fully saturated rings. The summed E-state index contributed by atoms with van der Waals surface area (Å²) in [5.74, 6) is 0. The smallest absolute Gasteiger partial charge is 0.0238 e. The predicted octanol–water partition coefficient (Wildman–Crippen LogP) is 1.57. The molecule has 1 aromatic carbocycles. The molecule has 82 valence electrons. The Morgan fingerprint density at radius 1 is 1.33 bits per heavy atom. The maximum absolute atomic E-state index is 3.59. The fraction of sp³-hybridized carbons (Fsp3) is 0.538. The molecule has 1 atom stereocenters. The number of rotatable bonds is 2. The molecule has 2 heteroatoms. The number of hydrogen-bond donors (Lipinski definition) is 1. The quantitative estimate of drug-likeness (QED) is 0.786. The summed E-state index contributed by atoms with van der Waals surface area (Å²) in [6.45, 7) is 4.30. The van der Waals surface area contributed by atoms with Crippen LogP contribution in [-0.2, 0) is 13.0 Å². The Labute approximate surface area is 92.3 Å². The van der Waals surface area contributed by atoms with Gasteiger partial charge in [-0.3, -0.25) is 0 Å². The summed E-state index contributed by atoms with van der Waals surface area (Å²) in [5.41, 5.74) is 4.36. The van der Waals surface area contributed by atoms with Crippen molar-refractivity contribution in [1.82, 2.24) is 10.2 Å². The summed E-state index contributed by atoms with van der Waals surface area (Å²) in [7, 11) is 4.26. The summed E-state index contributed by atoms with van der Waals surface area (Å²) in [5, 5.41) is 3.59. The van der Waals surface area contributed by atoms with Crippen LogP contribution in [0.5, 0.6) is 0 Å². The molecular weight excluding hydrogens is 184 g/mol. The van der Waals surface area contributed by atoms with Crippen molar-refractivity contribution in [3.8, 4) is 0 Å². The Morgan fingerprint density at radius 3 is 2.87 bits per heavy atom. The summed E-state index contributed by atoms with van der Waals surface area (Å²) < 4.78 is 0. The number of nitrogens with zero attached hydrogens (tertiary/aromatic N) is 1. The van der Waals surface area contributed by atoms with Crippen LogP contribution < -0.4 is 5.32 Å². The second-order valence-electron chi connectivity index (χ2n) is 4.82. The second kappa shape index (κ2) is 4.33. The first kappa shape index (κ1) is 10.7. The number of likely N-dealkylation sites (N-methyl/N-ethyl adjacent to an activating group) is 1. The highest BCUT2D eigenvalue weighted by Crippen LogP contribution is 2.18. The van der Waals surface area contributed by atoms with Crippen molar-refractivity contribution in [1.29, 1.82) is 0 Å². The molecule has 1 aromatic rings. The lowest BCUT2D eigenvalue weighted by Crippen LogP contribution is -2.42. The minimum absolute atomic E-state index is 0.607. The van der Waals surface area contributed by atoms with Gasteiger partial charge in [-0.1, -0.05) is 23.8 Å². The minimum atomic E-state index is 0.607. The van der Waals surface area contributed by atoms with Gasteiger partial charge in [-0.2, -0.15) is 0 Å². The summed E-state index contributed by atoms with van der Waals surface area (Å²) >= 11 is 0. The van der Waals surface area contributed by atoms with E-state index in [1.54, 1.807) is 0 Å². The van der Waals surface area contributed by atoms with E-state index in [-0.39, 0.29) is 0 Å². The SMILES string of the molecule is Cc1ccc2c(c1)CNC(CN(C)C)C2. The lowest BCUT2D eigenvalue weighted by Gasteiger charge is -2.28. The summed E-state index contributed by atoms with van der Waals surface area (Å²) in [4.78, 5) is 2.25. The molecule has 0 radical (unpaired) electrons. The monoisotopic (exact) mass is 204 g/mol. The fourth-order valence-corrected chi connectivity index (χ4v) is 2.28. The van der Waals surface area contributed by atoms with Crippen LogP contribution in [0, 0.1) is 6.92 Å². The van der Waals surface area contributed by atoms with Crippen LogP contribution in [-0.4, -0.2) is 31.6 Å². The van der Waals surface area contributed by atoms with E-state index in [9.17, 15) is 0 Å². The van der Waals surface area contributed by atoms with Gasteiger partial charge in [-0.15, -0.1) is 0 Å². The lowest BCUT2D eigenvalue weighted by atomic mass is 9.94. The average Bonchev–Trinajstić information content (AvgIpc) is 2.17. The second-order valence-corrected chi connectivity index (χ2v) is 4.82. The van der Waals surface area contributed by atoms with Crippen molar-refractivity contribution in [3.63, 3.8) is 0 Å².